The predicted octanol–water partition coefficient (Wildman–Crippen LogP) is 3.94. The molecule has 0 aliphatic carbocycles. The van der Waals surface area contributed by atoms with E-state index < -0.39 is 29.4 Å². The zero-order valence-corrected chi connectivity index (χ0v) is 19.9. The number of benzene rings is 3. The number of amides is 2. The lowest BCUT2D eigenvalue weighted by Crippen LogP contribution is -2.57. The lowest BCUT2D eigenvalue weighted by atomic mass is 9.76. The number of rotatable bonds is 6. The van der Waals surface area contributed by atoms with Gasteiger partial charge in [-0.1, -0.05) is 84.4 Å². The Hall–Kier alpha value is -3.48. The highest BCUT2D eigenvalue weighted by atomic mass is 35.5. The van der Waals surface area contributed by atoms with Gasteiger partial charge in [-0.15, -0.1) is 0 Å². The van der Waals surface area contributed by atoms with E-state index in [1.807, 2.05) is 66.7 Å². The van der Waals surface area contributed by atoms with Crippen LogP contribution in [0.5, 0.6) is 0 Å². The third kappa shape index (κ3) is 4.03. The molecular formula is C28H25ClN2O4. The fourth-order valence-electron chi connectivity index (χ4n) is 5.49. The molecule has 2 amide bonds. The fraction of sp³-hybridized carbons (Fsp3) is 0.250. The van der Waals surface area contributed by atoms with Gasteiger partial charge < -0.3 is 4.74 Å². The van der Waals surface area contributed by atoms with Crippen LogP contribution in [-0.2, 0) is 32.1 Å². The molecule has 2 saturated heterocycles. The number of carbonyl (C=O) groups is 3. The van der Waals surface area contributed by atoms with Crippen LogP contribution in [0.3, 0.4) is 0 Å². The first kappa shape index (κ1) is 23.3. The van der Waals surface area contributed by atoms with E-state index in [9.17, 15) is 14.4 Å². The molecule has 3 aromatic rings. The van der Waals surface area contributed by atoms with Crippen LogP contribution in [-0.4, -0.2) is 35.3 Å². The van der Waals surface area contributed by atoms with Gasteiger partial charge in [-0.2, -0.15) is 0 Å². The quantitative estimate of drug-likeness (QED) is 0.420. The molecule has 7 heteroatoms. The summed E-state index contributed by atoms with van der Waals surface area (Å²) in [4.78, 5) is 42.4. The molecule has 5 rings (SSSR count). The molecule has 0 aromatic heterocycles. The Labute approximate surface area is 208 Å². The number of carbonyl (C=O) groups excluding carboxylic acids is 3. The van der Waals surface area contributed by atoms with E-state index in [1.54, 1.807) is 18.2 Å². The Bertz CT molecular complexity index is 1270. The Morgan fingerprint density at radius 3 is 2.23 bits per heavy atom. The molecule has 2 heterocycles. The molecule has 3 aromatic carbocycles. The minimum atomic E-state index is -1.41. The van der Waals surface area contributed by atoms with Crippen molar-refractivity contribution in [3.8, 4) is 0 Å². The van der Waals surface area contributed by atoms with Crippen LogP contribution in [0.2, 0.25) is 5.02 Å². The second-order valence-corrected chi connectivity index (χ2v) is 9.49. The van der Waals surface area contributed by atoms with Crippen molar-refractivity contribution in [2.24, 2.45) is 11.8 Å². The monoisotopic (exact) mass is 488 g/mol. The van der Waals surface area contributed by atoms with Crippen molar-refractivity contribution < 1.29 is 19.1 Å². The second kappa shape index (κ2) is 9.29. The Morgan fingerprint density at radius 1 is 0.943 bits per heavy atom. The molecule has 2 aliphatic rings. The molecule has 4 atom stereocenters. The van der Waals surface area contributed by atoms with E-state index in [4.69, 9.17) is 16.3 Å². The molecule has 6 nitrogen and oxygen atoms in total. The summed E-state index contributed by atoms with van der Waals surface area (Å²) in [5, 5.41) is 3.90. The predicted molar refractivity (Wildman–Crippen MR) is 131 cm³/mol. The van der Waals surface area contributed by atoms with Crippen molar-refractivity contribution in [2.45, 2.75) is 24.5 Å². The second-order valence-electron chi connectivity index (χ2n) is 9.05. The van der Waals surface area contributed by atoms with E-state index in [2.05, 4.69) is 5.32 Å². The van der Waals surface area contributed by atoms with Crippen LogP contribution in [0.1, 0.15) is 22.7 Å². The van der Waals surface area contributed by atoms with Crippen molar-refractivity contribution in [3.63, 3.8) is 0 Å². The summed E-state index contributed by atoms with van der Waals surface area (Å²) in [6.45, 7) is 0.149. The van der Waals surface area contributed by atoms with E-state index in [0.717, 1.165) is 16.7 Å². The normalized spacial score (nSPS) is 25.5. The van der Waals surface area contributed by atoms with Crippen LogP contribution in [0, 0.1) is 11.8 Å². The third-order valence-corrected chi connectivity index (χ3v) is 7.25. The summed E-state index contributed by atoms with van der Waals surface area (Å²) in [6.07, 6.45) is 0.205. The van der Waals surface area contributed by atoms with Crippen LogP contribution in [0.4, 0.5) is 0 Å². The molecule has 35 heavy (non-hydrogen) atoms. The summed E-state index contributed by atoms with van der Waals surface area (Å²) < 4.78 is 5.25. The first-order valence-corrected chi connectivity index (χ1v) is 11.9. The average Bonchev–Trinajstić information content (AvgIpc) is 3.34. The number of nitrogens with one attached hydrogen (secondary N) is 1. The Balaban J connectivity index is 1.63. The maximum absolute atomic E-state index is 13.9. The van der Waals surface area contributed by atoms with E-state index >= 15 is 0 Å². The summed E-state index contributed by atoms with van der Waals surface area (Å²) in [6, 6.07) is 25.4. The number of hydrogen-bond donors (Lipinski definition) is 1. The number of methoxy groups -OCH3 is 1. The first-order valence-electron chi connectivity index (χ1n) is 11.5. The number of halogens is 1. The fourth-order valence-corrected chi connectivity index (χ4v) is 5.69. The van der Waals surface area contributed by atoms with Crippen molar-refractivity contribution in [1.82, 2.24) is 10.2 Å². The largest absolute Gasteiger partial charge is 0.468 e. The van der Waals surface area contributed by atoms with E-state index in [-0.39, 0.29) is 24.8 Å². The van der Waals surface area contributed by atoms with Gasteiger partial charge in [0.2, 0.25) is 11.8 Å². The van der Waals surface area contributed by atoms with Gasteiger partial charge >= 0.3 is 5.97 Å². The van der Waals surface area contributed by atoms with Crippen molar-refractivity contribution in [3.05, 3.63) is 107 Å². The number of ether oxygens (including phenoxy) is 1. The van der Waals surface area contributed by atoms with Gasteiger partial charge in [0, 0.05) is 17.5 Å². The maximum atomic E-state index is 13.9. The van der Waals surface area contributed by atoms with Crippen molar-refractivity contribution in [2.75, 3.05) is 7.11 Å². The standard InChI is InChI=1S/C28H25ClN2O4/c1-35-27(34)28(16-18-9-4-2-5-10-18)23-22(24(30-28)20-13-8-14-21(29)15-20)25(32)31(26(23)33)17-19-11-6-3-7-12-19/h2-15,22-24,30H,16-17H2,1H3/t22-,23-,24+,28+/m0/s1. The van der Waals surface area contributed by atoms with Gasteiger partial charge in [0.05, 0.1) is 25.5 Å². The number of hydrogen-bond acceptors (Lipinski definition) is 5. The lowest BCUT2D eigenvalue weighted by molar-refractivity contribution is -0.154. The van der Waals surface area contributed by atoms with Gasteiger partial charge in [0.15, 0.2) is 0 Å². The van der Waals surface area contributed by atoms with Gasteiger partial charge in [-0.05, 0) is 28.8 Å². The highest BCUT2D eigenvalue weighted by Crippen LogP contribution is 2.50. The number of likely N-dealkylation sites (tertiary alicyclic amines) is 1. The topological polar surface area (TPSA) is 75.7 Å². The molecule has 178 valence electrons. The Kier molecular flexibility index (Phi) is 6.17. The molecule has 1 N–H and O–H groups in total. The number of fused-ring (bicyclic) bond motifs is 1. The molecule has 0 unspecified atom stereocenters. The summed E-state index contributed by atoms with van der Waals surface area (Å²) in [5.74, 6) is -2.94. The zero-order valence-electron chi connectivity index (χ0n) is 19.2. The number of esters is 1. The molecular weight excluding hydrogens is 464 g/mol. The van der Waals surface area contributed by atoms with Crippen molar-refractivity contribution >= 4 is 29.4 Å². The molecule has 0 spiro atoms. The van der Waals surface area contributed by atoms with E-state index in [1.165, 1.54) is 12.0 Å². The first-order chi connectivity index (χ1) is 16.9. The minimum Gasteiger partial charge on any atom is -0.468 e. The molecule has 2 aliphatic heterocycles. The Morgan fingerprint density at radius 2 is 1.60 bits per heavy atom. The van der Waals surface area contributed by atoms with Gasteiger partial charge in [0.25, 0.3) is 0 Å². The van der Waals surface area contributed by atoms with Gasteiger partial charge in [-0.25, -0.2) is 0 Å². The molecule has 2 fully saturated rings. The summed E-state index contributed by atoms with van der Waals surface area (Å²) in [7, 11) is 1.31. The molecule has 0 radical (unpaired) electrons. The van der Waals surface area contributed by atoms with E-state index in [0.29, 0.717) is 5.02 Å². The SMILES string of the molecule is COC(=O)[C@]1(Cc2ccccc2)N[C@H](c2cccc(Cl)c2)[C@H]2C(=O)N(Cc3ccccc3)C(=O)[C@H]21. The van der Waals surface area contributed by atoms with Gasteiger partial charge in [0.1, 0.15) is 5.54 Å². The van der Waals surface area contributed by atoms with Crippen LogP contribution < -0.4 is 5.32 Å². The number of nitrogens with zero attached hydrogens (tertiary/aromatic N) is 1. The molecule has 0 saturated carbocycles. The lowest BCUT2D eigenvalue weighted by Gasteiger charge is -2.32. The smallest absolute Gasteiger partial charge is 0.327 e. The summed E-state index contributed by atoms with van der Waals surface area (Å²) >= 11 is 6.28. The summed E-state index contributed by atoms with van der Waals surface area (Å²) in [5.41, 5.74) is 1.03. The molecule has 0 bridgehead atoms. The minimum absolute atomic E-state index is 0.149. The average molecular weight is 489 g/mol. The van der Waals surface area contributed by atoms with Crippen LogP contribution in [0.25, 0.3) is 0 Å². The highest BCUT2D eigenvalue weighted by molar-refractivity contribution is 6.30. The highest BCUT2D eigenvalue weighted by Gasteiger charge is 2.68. The third-order valence-electron chi connectivity index (χ3n) is 7.01. The van der Waals surface area contributed by atoms with Crippen LogP contribution >= 0.6 is 11.6 Å². The number of imide groups is 1. The van der Waals surface area contributed by atoms with Gasteiger partial charge in [-0.3, -0.25) is 24.6 Å². The van der Waals surface area contributed by atoms with Crippen molar-refractivity contribution in [1.29, 1.82) is 0 Å². The van der Waals surface area contributed by atoms with Crippen LogP contribution in [0.15, 0.2) is 84.9 Å². The zero-order chi connectivity index (χ0) is 24.6. The maximum Gasteiger partial charge on any atom is 0.327 e.